The summed E-state index contributed by atoms with van der Waals surface area (Å²) >= 11 is 0. The predicted molar refractivity (Wildman–Crippen MR) is 82.4 cm³/mol. The number of rotatable bonds is 6. The first-order valence-electron chi connectivity index (χ1n) is 7.79. The summed E-state index contributed by atoms with van der Waals surface area (Å²) < 4.78 is 10.3. The largest absolute Gasteiger partial charge is 0.465 e. The smallest absolute Gasteiger partial charge is 0.338 e. The molecule has 1 N–H and O–H groups in total. The van der Waals surface area contributed by atoms with Gasteiger partial charge in [-0.2, -0.15) is 0 Å². The zero-order valence-electron chi connectivity index (χ0n) is 13.2. The van der Waals surface area contributed by atoms with Gasteiger partial charge < -0.3 is 14.8 Å². The van der Waals surface area contributed by atoms with Crippen molar-refractivity contribution >= 4 is 17.6 Å². The number of nitro groups is 1. The molecule has 0 bridgehead atoms. The van der Waals surface area contributed by atoms with Gasteiger partial charge in [-0.1, -0.05) is 0 Å². The van der Waals surface area contributed by atoms with Crippen LogP contribution in [0.25, 0.3) is 0 Å². The molecule has 8 heteroatoms. The van der Waals surface area contributed by atoms with E-state index in [1.807, 2.05) is 0 Å². The Balaban J connectivity index is 1.54. The van der Waals surface area contributed by atoms with Crippen molar-refractivity contribution in [3.05, 3.63) is 39.9 Å². The summed E-state index contributed by atoms with van der Waals surface area (Å²) in [5.74, 6) is -0.796. The van der Waals surface area contributed by atoms with Crippen molar-refractivity contribution in [2.75, 3.05) is 13.2 Å². The first-order valence-corrected chi connectivity index (χ1v) is 7.79. The number of benzene rings is 1. The molecule has 24 heavy (non-hydrogen) atoms. The number of carbonyl (C=O) groups is 2. The van der Waals surface area contributed by atoms with E-state index in [2.05, 4.69) is 5.32 Å². The Hall–Kier alpha value is -2.48. The van der Waals surface area contributed by atoms with Gasteiger partial charge in [0.2, 0.25) is 0 Å². The van der Waals surface area contributed by atoms with Crippen molar-refractivity contribution < 1.29 is 24.0 Å². The van der Waals surface area contributed by atoms with Crippen molar-refractivity contribution in [1.29, 1.82) is 0 Å². The molecule has 1 saturated heterocycles. The van der Waals surface area contributed by atoms with Crippen LogP contribution in [0.3, 0.4) is 0 Å². The highest BCUT2D eigenvalue weighted by atomic mass is 16.6. The van der Waals surface area contributed by atoms with Gasteiger partial charge >= 0.3 is 11.9 Å². The maximum absolute atomic E-state index is 12.1. The molecule has 3 atom stereocenters. The lowest BCUT2D eigenvalue weighted by atomic mass is 10.0. The lowest BCUT2D eigenvalue weighted by Crippen LogP contribution is -2.35. The van der Waals surface area contributed by atoms with Crippen molar-refractivity contribution in [3.8, 4) is 0 Å². The zero-order valence-corrected chi connectivity index (χ0v) is 13.2. The van der Waals surface area contributed by atoms with Crippen LogP contribution < -0.4 is 5.32 Å². The zero-order chi connectivity index (χ0) is 17.3. The number of nitro benzene ring substituents is 1. The Bertz CT molecular complexity index is 674. The second-order valence-electron chi connectivity index (χ2n) is 6.17. The third-order valence-electron chi connectivity index (χ3n) is 4.58. The number of non-ortho nitro benzene ring substituents is 1. The van der Waals surface area contributed by atoms with Crippen molar-refractivity contribution in [3.63, 3.8) is 0 Å². The molecule has 1 heterocycles. The van der Waals surface area contributed by atoms with Gasteiger partial charge in [0.15, 0.2) is 0 Å². The lowest BCUT2D eigenvalue weighted by Gasteiger charge is -2.15. The van der Waals surface area contributed by atoms with Gasteiger partial charge in [-0.15, -0.1) is 0 Å². The quantitative estimate of drug-likeness (QED) is 0.476. The number of piperidine rings is 1. The SMILES string of the molecule is CCOC(=O)[C@@H]1C[C@]2(COC(=O)c3ccc([N+](=O)[O-])cc3)C[C@@H]2N1. The Morgan fingerprint density at radius 3 is 2.62 bits per heavy atom. The molecule has 128 valence electrons. The van der Waals surface area contributed by atoms with Gasteiger partial charge in [-0.3, -0.25) is 14.9 Å². The summed E-state index contributed by atoms with van der Waals surface area (Å²) in [4.78, 5) is 33.9. The van der Waals surface area contributed by atoms with Gasteiger partial charge in [-0.25, -0.2) is 4.79 Å². The average Bonchev–Trinajstić information content (AvgIpc) is 3.13. The summed E-state index contributed by atoms with van der Waals surface area (Å²) in [6.07, 6.45) is 1.44. The van der Waals surface area contributed by atoms with E-state index in [4.69, 9.17) is 9.47 Å². The molecule has 2 aliphatic rings. The van der Waals surface area contributed by atoms with E-state index < -0.39 is 10.9 Å². The van der Waals surface area contributed by atoms with Crippen LogP contribution in [0.15, 0.2) is 24.3 Å². The van der Waals surface area contributed by atoms with Crippen molar-refractivity contribution in [2.24, 2.45) is 5.41 Å². The molecule has 0 aromatic heterocycles. The number of nitrogens with one attached hydrogen (secondary N) is 1. The molecule has 0 spiro atoms. The average molecular weight is 334 g/mol. The topological polar surface area (TPSA) is 108 Å². The fourth-order valence-corrected chi connectivity index (χ4v) is 3.14. The molecular formula is C16H18N2O6. The fraction of sp³-hybridized carbons (Fsp3) is 0.500. The summed E-state index contributed by atoms with van der Waals surface area (Å²) in [5, 5.41) is 13.8. The van der Waals surface area contributed by atoms with Gasteiger partial charge in [0.05, 0.1) is 23.7 Å². The summed E-state index contributed by atoms with van der Waals surface area (Å²) in [7, 11) is 0. The Labute approximate surface area is 138 Å². The van der Waals surface area contributed by atoms with E-state index in [1.54, 1.807) is 6.92 Å². The minimum Gasteiger partial charge on any atom is -0.465 e. The molecule has 3 rings (SSSR count). The van der Waals surface area contributed by atoms with E-state index in [9.17, 15) is 19.7 Å². The molecule has 0 radical (unpaired) electrons. The molecule has 1 aromatic rings. The summed E-state index contributed by atoms with van der Waals surface area (Å²) in [5.41, 5.74) is -0.0137. The standard InChI is InChI=1S/C16H18N2O6/c1-2-23-15(20)12-7-16(8-13(16)17-12)9-24-14(19)10-3-5-11(6-4-10)18(21)22/h3-6,12-13,17H,2,7-9H2,1H3/t12-,13-,16+/m0/s1. The van der Waals surface area contributed by atoms with E-state index in [0.29, 0.717) is 13.0 Å². The number of esters is 2. The number of fused-ring (bicyclic) bond motifs is 1. The lowest BCUT2D eigenvalue weighted by molar-refractivity contribution is -0.384. The van der Waals surface area contributed by atoms with Crippen LogP contribution in [0.5, 0.6) is 0 Å². The third kappa shape index (κ3) is 3.09. The Kier molecular flexibility index (Phi) is 4.23. The van der Waals surface area contributed by atoms with E-state index >= 15 is 0 Å². The monoisotopic (exact) mass is 334 g/mol. The van der Waals surface area contributed by atoms with E-state index in [-0.39, 0.29) is 41.3 Å². The van der Waals surface area contributed by atoms with E-state index in [0.717, 1.165) is 6.42 Å². The minimum absolute atomic E-state index is 0.0790. The van der Waals surface area contributed by atoms with Gasteiger partial charge in [0, 0.05) is 23.6 Å². The minimum atomic E-state index is -0.525. The molecule has 1 aliphatic heterocycles. The second kappa shape index (κ2) is 6.20. The molecule has 1 aliphatic carbocycles. The molecule has 1 aromatic carbocycles. The Morgan fingerprint density at radius 2 is 2.00 bits per heavy atom. The first-order chi connectivity index (χ1) is 11.4. The predicted octanol–water partition coefficient (Wildman–Crippen LogP) is 1.44. The molecule has 8 nitrogen and oxygen atoms in total. The van der Waals surface area contributed by atoms with Gasteiger partial charge in [0.25, 0.3) is 5.69 Å². The second-order valence-corrected chi connectivity index (χ2v) is 6.17. The van der Waals surface area contributed by atoms with Crippen LogP contribution >= 0.6 is 0 Å². The maximum Gasteiger partial charge on any atom is 0.338 e. The highest BCUT2D eigenvalue weighted by Crippen LogP contribution is 2.54. The number of nitrogens with zero attached hydrogens (tertiary/aromatic N) is 1. The van der Waals surface area contributed by atoms with Crippen molar-refractivity contribution in [1.82, 2.24) is 5.32 Å². The van der Waals surface area contributed by atoms with Crippen LogP contribution in [0.4, 0.5) is 5.69 Å². The number of ether oxygens (including phenoxy) is 2. The highest BCUT2D eigenvalue weighted by Gasteiger charge is 2.62. The van der Waals surface area contributed by atoms with Crippen LogP contribution in [-0.4, -0.2) is 42.2 Å². The van der Waals surface area contributed by atoms with Crippen LogP contribution in [0.1, 0.15) is 30.1 Å². The van der Waals surface area contributed by atoms with Crippen molar-refractivity contribution in [2.45, 2.75) is 31.8 Å². The van der Waals surface area contributed by atoms with Gasteiger partial charge in [0.1, 0.15) is 6.04 Å². The molecule has 2 fully saturated rings. The third-order valence-corrected chi connectivity index (χ3v) is 4.58. The van der Waals surface area contributed by atoms with Crippen LogP contribution in [0, 0.1) is 15.5 Å². The Morgan fingerprint density at radius 1 is 1.29 bits per heavy atom. The van der Waals surface area contributed by atoms with Crippen LogP contribution in [-0.2, 0) is 14.3 Å². The summed E-state index contributed by atoms with van der Waals surface area (Å²) in [6.45, 7) is 2.32. The fourth-order valence-electron chi connectivity index (χ4n) is 3.14. The first kappa shape index (κ1) is 16.4. The molecule has 0 amide bonds. The highest BCUT2D eigenvalue weighted by molar-refractivity contribution is 5.89. The number of hydrogen-bond acceptors (Lipinski definition) is 7. The molecule has 1 saturated carbocycles. The number of carbonyl (C=O) groups excluding carboxylic acids is 2. The normalized spacial score (nSPS) is 27.2. The van der Waals surface area contributed by atoms with E-state index in [1.165, 1.54) is 24.3 Å². The van der Waals surface area contributed by atoms with Crippen LogP contribution in [0.2, 0.25) is 0 Å². The number of hydrogen-bond donors (Lipinski definition) is 1. The summed E-state index contributed by atoms with van der Waals surface area (Å²) in [6, 6.07) is 5.09. The molecular weight excluding hydrogens is 316 g/mol. The molecule has 0 unspecified atom stereocenters. The van der Waals surface area contributed by atoms with Gasteiger partial charge in [-0.05, 0) is 31.9 Å². The maximum atomic E-state index is 12.1.